The van der Waals surface area contributed by atoms with Gasteiger partial charge in [-0.05, 0) is 89.9 Å². The maximum Gasteiger partial charge on any atom is 0.306 e. The molecule has 0 aromatic carbocycles. The largest absolute Gasteiger partial charge is 0.462 e. The van der Waals surface area contributed by atoms with Crippen molar-refractivity contribution < 1.29 is 28.6 Å². The van der Waals surface area contributed by atoms with Crippen molar-refractivity contribution in [1.82, 2.24) is 0 Å². The fourth-order valence-electron chi connectivity index (χ4n) is 6.98. The Labute approximate surface area is 388 Å². The van der Waals surface area contributed by atoms with Gasteiger partial charge < -0.3 is 14.2 Å². The maximum absolute atomic E-state index is 12.8. The van der Waals surface area contributed by atoms with Crippen molar-refractivity contribution in [2.24, 2.45) is 0 Å². The molecule has 0 amide bonds. The minimum atomic E-state index is -0.805. The maximum atomic E-state index is 12.8. The Kier molecular flexibility index (Phi) is 48.5. The molecule has 6 nitrogen and oxygen atoms in total. The van der Waals surface area contributed by atoms with Crippen LogP contribution in [0.2, 0.25) is 0 Å². The smallest absolute Gasteiger partial charge is 0.306 e. The predicted octanol–water partition coefficient (Wildman–Crippen LogP) is 17.2. The van der Waals surface area contributed by atoms with E-state index in [-0.39, 0.29) is 37.5 Å². The third kappa shape index (κ3) is 49.5. The van der Waals surface area contributed by atoms with Gasteiger partial charge in [0.2, 0.25) is 0 Å². The van der Waals surface area contributed by atoms with E-state index in [4.69, 9.17) is 14.2 Å². The number of hydrogen-bond donors (Lipinski definition) is 0. The van der Waals surface area contributed by atoms with E-state index in [0.29, 0.717) is 19.3 Å². The molecule has 360 valence electrons. The molecule has 63 heavy (non-hydrogen) atoms. The summed E-state index contributed by atoms with van der Waals surface area (Å²) in [7, 11) is 0. The SMILES string of the molecule is CC/C=C\C/C=C\C/C=C\C/C=C\C/C=C\CCCC(=O)OCC(COC(=O)CCCCCCCCCCCCCCC)OC(=O)CCCCCCC/C=C\C/C=C\CCCCC. The van der Waals surface area contributed by atoms with Gasteiger partial charge in [0.1, 0.15) is 13.2 Å². The summed E-state index contributed by atoms with van der Waals surface area (Å²) in [6.07, 6.45) is 65.7. The highest BCUT2D eigenvalue weighted by Crippen LogP contribution is 2.14. The highest BCUT2D eigenvalue weighted by Gasteiger charge is 2.19. The molecule has 0 aromatic rings. The van der Waals surface area contributed by atoms with Crippen molar-refractivity contribution in [2.45, 2.75) is 245 Å². The van der Waals surface area contributed by atoms with Crippen molar-refractivity contribution in [2.75, 3.05) is 13.2 Å². The Morgan fingerprint density at radius 2 is 0.635 bits per heavy atom. The molecule has 0 aromatic heterocycles. The molecule has 0 saturated carbocycles. The average molecular weight is 877 g/mol. The summed E-state index contributed by atoms with van der Waals surface area (Å²) < 4.78 is 16.7. The van der Waals surface area contributed by atoms with Crippen LogP contribution in [0, 0.1) is 0 Å². The lowest BCUT2D eigenvalue weighted by molar-refractivity contribution is -0.167. The number of unbranched alkanes of at least 4 members (excludes halogenated alkanes) is 21. The zero-order chi connectivity index (χ0) is 45.8. The molecule has 0 aliphatic rings. The molecule has 0 aliphatic heterocycles. The summed E-state index contributed by atoms with van der Waals surface area (Å²) in [4.78, 5) is 38.0. The van der Waals surface area contributed by atoms with Crippen molar-refractivity contribution in [3.63, 3.8) is 0 Å². The Balaban J connectivity index is 4.50. The average Bonchev–Trinajstić information content (AvgIpc) is 3.28. The molecule has 0 aliphatic carbocycles. The number of carbonyl (C=O) groups is 3. The van der Waals surface area contributed by atoms with Gasteiger partial charge in [0.05, 0.1) is 0 Å². The van der Waals surface area contributed by atoms with Gasteiger partial charge in [-0.2, -0.15) is 0 Å². The molecule has 0 spiro atoms. The summed E-state index contributed by atoms with van der Waals surface area (Å²) in [6.45, 7) is 6.43. The lowest BCUT2D eigenvalue weighted by Gasteiger charge is -2.18. The van der Waals surface area contributed by atoms with Crippen molar-refractivity contribution in [3.05, 3.63) is 85.1 Å². The Bertz CT molecular complexity index is 1240. The van der Waals surface area contributed by atoms with Gasteiger partial charge in [0, 0.05) is 19.3 Å². The highest BCUT2D eigenvalue weighted by molar-refractivity contribution is 5.71. The second-order valence-corrected chi connectivity index (χ2v) is 17.1. The normalized spacial score (nSPS) is 12.7. The second kappa shape index (κ2) is 51.2. The van der Waals surface area contributed by atoms with Crippen molar-refractivity contribution in [3.8, 4) is 0 Å². The van der Waals surface area contributed by atoms with E-state index in [2.05, 4.69) is 106 Å². The van der Waals surface area contributed by atoms with Gasteiger partial charge in [-0.25, -0.2) is 0 Å². The van der Waals surface area contributed by atoms with Crippen LogP contribution in [0.5, 0.6) is 0 Å². The molecule has 1 unspecified atom stereocenters. The van der Waals surface area contributed by atoms with Crippen LogP contribution in [0.1, 0.15) is 239 Å². The van der Waals surface area contributed by atoms with E-state index in [1.807, 2.05) is 0 Å². The fourth-order valence-corrected chi connectivity index (χ4v) is 6.98. The minimum absolute atomic E-state index is 0.0987. The van der Waals surface area contributed by atoms with Gasteiger partial charge in [0.15, 0.2) is 6.10 Å². The minimum Gasteiger partial charge on any atom is -0.462 e. The number of carbonyl (C=O) groups excluding carboxylic acids is 3. The van der Waals surface area contributed by atoms with Crippen LogP contribution in [-0.4, -0.2) is 37.2 Å². The van der Waals surface area contributed by atoms with Gasteiger partial charge in [-0.3, -0.25) is 14.4 Å². The van der Waals surface area contributed by atoms with E-state index in [0.717, 1.165) is 103 Å². The summed E-state index contributed by atoms with van der Waals surface area (Å²) >= 11 is 0. The standard InChI is InChI=1S/C57H96O6/c1-4-7-10-13-16-19-22-25-27-28-30-32-35-38-41-44-47-50-56(59)62-53-54(52-61-55(58)49-46-43-40-37-34-31-24-21-18-15-12-9-6-3)63-57(60)51-48-45-42-39-36-33-29-26-23-20-17-14-11-8-5-2/h7,10,16-17,19-20,25-27,29-30,32,38,41,54H,4-6,8-9,11-15,18,21-24,28,31,33-37,39-40,42-53H2,1-3H3/b10-7-,19-16-,20-17-,27-25-,29-26-,32-30-,41-38-. The summed E-state index contributed by atoms with van der Waals surface area (Å²) in [5, 5.41) is 0. The monoisotopic (exact) mass is 877 g/mol. The summed E-state index contributed by atoms with van der Waals surface area (Å²) in [5.41, 5.74) is 0. The molecule has 0 radical (unpaired) electrons. The third-order valence-electron chi connectivity index (χ3n) is 10.9. The molecule has 0 bridgehead atoms. The lowest BCUT2D eigenvalue weighted by Crippen LogP contribution is -2.30. The van der Waals surface area contributed by atoms with Crippen LogP contribution >= 0.6 is 0 Å². The Hall–Kier alpha value is -3.41. The van der Waals surface area contributed by atoms with E-state index in [1.165, 1.54) is 89.9 Å². The van der Waals surface area contributed by atoms with Crippen LogP contribution in [0.3, 0.4) is 0 Å². The van der Waals surface area contributed by atoms with Gasteiger partial charge in [-0.15, -0.1) is 0 Å². The zero-order valence-corrected chi connectivity index (χ0v) is 41.1. The van der Waals surface area contributed by atoms with Crippen LogP contribution < -0.4 is 0 Å². The molecule has 0 saturated heterocycles. The molecule has 0 heterocycles. The van der Waals surface area contributed by atoms with Gasteiger partial charge in [-0.1, -0.05) is 215 Å². The first kappa shape index (κ1) is 59.6. The number of hydrogen-bond acceptors (Lipinski definition) is 6. The molecular formula is C57H96O6. The molecule has 1 atom stereocenters. The molecule has 0 rings (SSSR count). The number of esters is 3. The van der Waals surface area contributed by atoms with Gasteiger partial charge >= 0.3 is 17.9 Å². The second-order valence-electron chi connectivity index (χ2n) is 17.1. The van der Waals surface area contributed by atoms with Crippen LogP contribution in [0.15, 0.2) is 85.1 Å². The van der Waals surface area contributed by atoms with Gasteiger partial charge in [0.25, 0.3) is 0 Å². The number of ether oxygens (including phenoxy) is 3. The third-order valence-corrected chi connectivity index (χ3v) is 10.9. The summed E-state index contributed by atoms with van der Waals surface area (Å²) in [6, 6.07) is 0. The number of allylic oxidation sites excluding steroid dienone is 14. The quantitative estimate of drug-likeness (QED) is 0.0262. The predicted molar refractivity (Wildman–Crippen MR) is 270 cm³/mol. The highest BCUT2D eigenvalue weighted by atomic mass is 16.6. The first-order valence-electron chi connectivity index (χ1n) is 26.1. The number of rotatable bonds is 46. The van der Waals surface area contributed by atoms with Crippen LogP contribution in [0.4, 0.5) is 0 Å². The van der Waals surface area contributed by atoms with Crippen molar-refractivity contribution in [1.29, 1.82) is 0 Å². The molecule has 0 N–H and O–H groups in total. The molecule has 6 heteroatoms. The van der Waals surface area contributed by atoms with E-state index < -0.39 is 6.10 Å². The first-order valence-corrected chi connectivity index (χ1v) is 26.1. The van der Waals surface area contributed by atoms with E-state index >= 15 is 0 Å². The van der Waals surface area contributed by atoms with Crippen LogP contribution in [0.25, 0.3) is 0 Å². The fraction of sp³-hybridized carbons (Fsp3) is 0.702. The topological polar surface area (TPSA) is 78.9 Å². The first-order chi connectivity index (χ1) is 31.0. The van der Waals surface area contributed by atoms with E-state index in [1.54, 1.807) is 0 Å². The summed E-state index contributed by atoms with van der Waals surface area (Å²) in [5.74, 6) is -0.973. The Morgan fingerprint density at radius 3 is 1.06 bits per heavy atom. The molecular weight excluding hydrogens is 781 g/mol. The zero-order valence-electron chi connectivity index (χ0n) is 41.1. The lowest BCUT2D eigenvalue weighted by atomic mass is 10.0. The van der Waals surface area contributed by atoms with Crippen molar-refractivity contribution >= 4 is 17.9 Å². The van der Waals surface area contributed by atoms with Crippen LogP contribution in [-0.2, 0) is 28.6 Å². The molecule has 0 fully saturated rings. The Morgan fingerprint density at radius 1 is 0.333 bits per heavy atom. The van der Waals surface area contributed by atoms with E-state index in [9.17, 15) is 14.4 Å².